The van der Waals surface area contributed by atoms with Crippen LogP contribution in [0.5, 0.6) is 0 Å². The standard InChI is InChI=1S/C9H12N/c1-2-8-3-5-9(7-10)6-4-8/h3-6H,1-2,7,10H2/q+1/p+1. The second-order valence-electron chi connectivity index (χ2n) is 2.32. The topological polar surface area (TPSA) is 27.6 Å². The molecule has 0 aliphatic rings. The summed E-state index contributed by atoms with van der Waals surface area (Å²) in [4.78, 5) is 0. The molecule has 1 heteroatoms. The monoisotopic (exact) mass is 135 g/mol. The van der Waals surface area contributed by atoms with Crippen molar-refractivity contribution >= 4 is 0 Å². The molecular weight excluding hydrogens is 122 g/mol. The van der Waals surface area contributed by atoms with Crippen molar-refractivity contribution in [2.24, 2.45) is 0 Å². The van der Waals surface area contributed by atoms with E-state index in [0.29, 0.717) is 0 Å². The maximum atomic E-state index is 3.80. The molecule has 0 aliphatic carbocycles. The summed E-state index contributed by atoms with van der Waals surface area (Å²) in [6, 6.07) is 8.42. The van der Waals surface area contributed by atoms with Crippen molar-refractivity contribution in [3.8, 4) is 0 Å². The first-order valence-corrected chi connectivity index (χ1v) is 3.53. The van der Waals surface area contributed by atoms with Crippen molar-refractivity contribution in [3.63, 3.8) is 0 Å². The molecule has 0 unspecified atom stereocenters. The van der Waals surface area contributed by atoms with Gasteiger partial charge in [0.25, 0.3) is 0 Å². The third-order valence-electron chi connectivity index (χ3n) is 1.60. The van der Waals surface area contributed by atoms with E-state index in [-0.39, 0.29) is 0 Å². The maximum absolute atomic E-state index is 3.80. The maximum Gasteiger partial charge on any atom is 0.110 e. The molecule has 10 heavy (non-hydrogen) atoms. The molecule has 3 N–H and O–H groups in total. The average molecular weight is 135 g/mol. The highest BCUT2D eigenvalue weighted by atomic mass is 14.5. The van der Waals surface area contributed by atoms with Crippen LogP contribution in [-0.4, -0.2) is 0 Å². The fourth-order valence-electron chi connectivity index (χ4n) is 0.873. The summed E-state index contributed by atoms with van der Waals surface area (Å²) >= 11 is 0. The Morgan fingerprint density at radius 2 is 1.60 bits per heavy atom. The van der Waals surface area contributed by atoms with E-state index in [0.717, 1.165) is 13.0 Å². The molecule has 0 saturated heterocycles. The number of benzene rings is 1. The third-order valence-corrected chi connectivity index (χ3v) is 1.60. The highest BCUT2D eigenvalue weighted by Crippen LogP contribution is 2.02. The van der Waals surface area contributed by atoms with Gasteiger partial charge in [-0.25, -0.2) is 0 Å². The summed E-state index contributed by atoms with van der Waals surface area (Å²) in [5.74, 6) is 0. The molecule has 0 aromatic heterocycles. The zero-order valence-corrected chi connectivity index (χ0v) is 6.14. The van der Waals surface area contributed by atoms with Crippen LogP contribution in [0.3, 0.4) is 0 Å². The number of hydrogen-bond donors (Lipinski definition) is 1. The lowest BCUT2D eigenvalue weighted by Crippen LogP contribution is -2.47. The average Bonchev–Trinajstić information content (AvgIpc) is 2.05. The molecule has 1 rings (SSSR count). The van der Waals surface area contributed by atoms with Crippen molar-refractivity contribution < 1.29 is 5.73 Å². The molecule has 0 heterocycles. The molecular formula is C9H13N+2. The summed E-state index contributed by atoms with van der Waals surface area (Å²) in [6.07, 6.45) is 0.872. The number of hydrogen-bond acceptors (Lipinski definition) is 0. The summed E-state index contributed by atoms with van der Waals surface area (Å²) in [5.41, 5.74) is 6.37. The fourth-order valence-corrected chi connectivity index (χ4v) is 0.873. The SMILES string of the molecule is [CH2+]Cc1ccc(C[NH3+])cc1. The van der Waals surface area contributed by atoms with Crippen LogP contribution < -0.4 is 5.73 Å². The van der Waals surface area contributed by atoms with Crippen LogP contribution in [0.25, 0.3) is 0 Å². The predicted octanol–water partition coefficient (Wildman–Crippen LogP) is 0.805. The van der Waals surface area contributed by atoms with E-state index in [4.69, 9.17) is 0 Å². The molecule has 1 nitrogen and oxygen atoms in total. The lowest BCUT2D eigenvalue weighted by molar-refractivity contribution is -0.386. The van der Waals surface area contributed by atoms with E-state index in [1.807, 2.05) is 0 Å². The molecule has 0 atom stereocenters. The van der Waals surface area contributed by atoms with Crippen LogP contribution in [-0.2, 0) is 13.0 Å². The zero-order chi connectivity index (χ0) is 7.40. The quantitative estimate of drug-likeness (QED) is 0.581. The third kappa shape index (κ3) is 1.52. The Balaban J connectivity index is 2.80. The normalized spacial score (nSPS) is 9.70. The van der Waals surface area contributed by atoms with Gasteiger partial charge in [-0.15, -0.1) is 0 Å². The Kier molecular flexibility index (Phi) is 2.35. The Morgan fingerprint density at radius 3 is 2.00 bits per heavy atom. The van der Waals surface area contributed by atoms with Crippen LogP contribution >= 0.6 is 0 Å². The first kappa shape index (κ1) is 7.16. The van der Waals surface area contributed by atoms with Gasteiger partial charge in [0.2, 0.25) is 0 Å². The zero-order valence-electron chi connectivity index (χ0n) is 6.14. The Bertz CT molecular complexity index is 165. The first-order chi connectivity index (χ1) is 4.86. The number of quaternary nitrogens is 1. The van der Waals surface area contributed by atoms with E-state index in [1.54, 1.807) is 0 Å². The second-order valence-corrected chi connectivity index (χ2v) is 2.32. The highest BCUT2D eigenvalue weighted by molar-refractivity contribution is 5.22. The van der Waals surface area contributed by atoms with Gasteiger partial charge in [0.1, 0.15) is 6.42 Å². The Morgan fingerprint density at radius 1 is 1.10 bits per heavy atom. The molecule has 52 valence electrons. The lowest BCUT2D eigenvalue weighted by atomic mass is 10.1. The molecule has 0 radical (unpaired) electrons. The van der Waals surface area contributed by atoms with Gasteiger partial charge in [0.05, 0.1) is 13.5 Å². The van der Waals surface area contributed by atoms with Crippen molar-refractivity contribution in [1.82, 2.24) is 0 Å². The first-order valence-electron chi connectivity index (χ1n) is 3.53. The molecule has 0 saturated carbocycles. The lowest BCUT2D eigenvalue weighted by Gasteiger charge is -1.93. The van der Waals surface area contributed by atoms with Crippen molar-refractivity contribution in [2.45, 2.75) is 13.0 Å². The fraction of sp³-hybridized carbons (Fsp3) is 0.222. The van der Waals surface area contributed by atoms with Crippen LogP contribution in [0.2, 0.25) is 0 Å². The van der Waals surface area contributed by atoms with E-state index in [1.165, 1.54) is 11.1 Å². The molecule has 0 amide bonds. The van der Waals surface area contributed by atoms with Gasteiger partial charge in [-0.05, 0) is 5.56 Å². The van der Waals surface area contributed by atoms with Crippen LogP contribution in [0.1, 0.15) is 11.1 Å². The summed E-state index contributed by atoms with van der Waals surface area (Å²) < 4.78 is 0. The molecule has 0 fully saturated rings. The number of rotatable bonds is 2. The molecule has 0 bridgehead atoms. The van der Waals surface area contributed by atoms with Crippen molar-refractivity contribution in [3.05, 3.63) is 42.3 Å². The Labute approximate surface area is 61.9 Å². The summed E-state index contributed by atoms with van der Waals surface area (Å²) in [5, 5.41) is 0. The largest absolute Gasteiger partial charge is 0.354 e. The molecule has 1 aromatic rings. The van der Waals surface area contributed by atoms with Crippen LogP contribution in [0.15, 0.2) is 24.3 Å². The predicted molar refractivity (Wildman–Crippen MR) is 42.1 cm³/mol. The van der Waals surface area contributed by atoms with Crippen molar-refractivity contribution in [2.75, 3.05) is 0 Å². The van der Waals surface area contributed by atoms with Gasteiger partial charge in [0, 0.05) is 5.56 Å². The minimum Gasteiger partial charge on any atom is -0.354 e. The molecule has 0 aliphatic heterocycles. The van der Waals surface area contributed by atoms with Gasteiger partial charge >= 0.3 is 0 Å². The van der Waals surface area contributed by atoms with Gasteiger partial charge in [-0.2, -0.15) is 0 Å². The molecule has 0 spiro atoms. The summed E-state index contributed by atoms with van der Waals surface area (Å²) in [7, 11) is 0. The van der Waals surface area contributed by atoms with Crippen molar-refractivity contribution in [1.29, 1.82) is 0 Å². The van der Waals surface area contributed by atoms with Gasteiger partial charge in [-0.1, -0.05) is 24.3 Å². The Hall–Kier alpha value is -0.950. The smallest absolute Gasteiger partial charge is 0.110 e. The van der Waals surface area contributed by atoms with E-state index < -0.39 is 0 Å². The summed E-state index contributed by atoms with van der Waals surface area (Å²) in [6.45, 7) is 4.67. The van der Waals surface area contributed by atoms with Gasteiger partial charge in [-0.3, -0.25) is 0 Å². The van der Waals surface area contributed by atoms with Gasteiger partial charge < -0.3 is 5.73 Å². The van der Waals surface area contributed by atoms with E-state index >= 15 is 0 Å². The van der Waals surface area contributed by atoms with Crippen LogP contribution in [0.4, 0.5) is 0 Å². The second kappa shape index (κ2) is 3.28. The van der Waals surface area contributed by atoms with Crippen LogP contribution in [0, 0.1) is 6.92 Å². The van der Waals surface area contributed by atoms with E-state index in [2.05, 4.69) is 36.9 Å². The molecule has 1 aromatic carbocycles. The minimum absolute atomic E-state index is 0.872. The highest BCUT2D eigenvalue weighted by Gasteiger charge is 1.92. The minimum atomic E-state index is 0.872. The van der Waals surface area contributed by atoms with E-state index in [9.17, 15) is 0 Å². The van der Waals surface area contributed by atoms with Gasteiger partial charge in [0.15, 0.2) is 0 Å².